The van der Waals surface area contributed by atoms with Crippen molar-refractivity contribution in [3.63, 3.8) is 0 Å². The molecule has 0 spiro atoms. The van der Waals surface area contributed by atoms with E-state index in [0.29, 0.717) is 32.7 Å². The molecule has 0 saturated carbocycles. The first-order valence-electron chi connectivity index (χ1n) is 8.24. The van der Waals surface area contributed by atoms with Crippen LogP contribution >= 0.6 is 0 Å². The molecule has 4 nitrogen and oxygen atoms in total. The number of rotatable bonds is 4. The zero-order valence-electron chi connectivity index (χ0n) is 13.7. The van der Waals surface area contributed by atoms with Crippen molar-refractivity contribution in [2.24, 2.45) is 0 Å². The van der Waals surface area contributed by atoms with E-state index >= 15 is 0 Å². The van der Waals surface area contributed by atoms with E-state index in [4.69, 9.17) is 0 Å². The van der Waals surface area contributed by atoms with Gasteiger partial charge in [-0.25, -0.2) is 8.78 Å². The van der Waals surface area contributed by atoms with Gasteiger partial charge >= 0.3 is 0 Å². The smallest absolute Gasteiger partial charge is 0.257 e. The maximum absolute atomic E-state index is 13.8. The minimum absolute atomic E-state index is 0.238. The molecule has 1 amide bonds. The number of piperazine rings is 1. The summed E-state index contributed by atoms with van der Waals surface area (Å²) in [5.74, 6) is -1.84. The number of carbonyl (C=O) groups excluding carboxylic acids is 1. The molecular weight excluding hydrogens is 326 g/mol. The Morgan fingerprint density at radius 1 is 1.04 bits per heavy atom. The van der Waals surface area contributed by atoms with Crippen molar-refractivity contribution in [3.8, 4) is 0 Å². The standard InChI is InChI=1S/C19H20F2N2O2/c20-15-6-7-17(21)16(12-15)19(25)23-10-8-22(9-11-23)13-18(24)14-4-2-1-3-5-14/h1-7,12,18,24H,8-11,13H2. The van der Waals surface area contributed by atoms with Gasteiger partial charge in [-0.2, -0.15) is 0 Å². The Labute approximate surface area is 145 Å². The second-order valence-corrected chi connectivity index (χ2v) is 6.14. The first kappa shape index (κ1) is 17.5. The summed E-state index contributed by atoms with van der Waals surface area (Å²) in [6.45, 7) is 2.45. The summed E-state index contributed by atoms with van der Waals surface area (Å²) in [6, 6.07) is 12.3. The topological polar surface area (TPSA) is 43.8 Å². The van der Waals surface area contributed by atoms with Gasteiger partial charge in [0.15, 0.2) is 0 Å². The van der Waals surface area contributed by atoms with Crippen molar-refractivity contribution in [2.45, 2.75) is 6.10 Å². The molecule has 1 aliphatic heterocycles. The van der Waals surface area contributed by atoms with E-state index in [0.717, 1.165) is 23.8 Å². The number of hydrogen-bond donors (Lipinski definition) is 1. The fraction of sp³-hybridized carbons (Fsp3) is 0.316. The van der Waals surface area contributed by atoms with E-state index in [9.17, 15) is 18.7 Å². The monoisotopic (exact) mass is 346 g/mol. The van der Waals surface area contributed by atoms with Crippen LogP contribution in [-0.4, -0.2) is 53.5 Å². The predicted molar refractivity (Wildman–Crippen MR) is 90.1 cm³/mol. The third-order valence-corrected chi connectivity index (χ3v) is 4.43. The lowest BCUT2D eigenvalue weighted by Crippen LogP contribution is -2.49. The van der Waals surface area contributed by atoms with Gasteiger partial charge in [-0.1, -0.05) is 30.3 Å². The Morgan fingerprint density at radius 2 is 1.72 bits per heavy atom. The van der Waals surface area contributed by atoms with Crippen LogP contribution in [0.3, 0.4) is 0 Å². The number of aliphatic hydroxyl groups is 1. The van der Waals surface area contributed by atoms with Crippen LogP contribution in [0.15, 0.2) is 48.5 Å². The fourth-order valence-corrected chi connectivity index (χ4v) is 2.99. The molecule has 0 aromatic heterocycles. The summed E-state index contributed by atoms with van der Waals surface area (Å²) in [6.07, 6.45) is -0.593. The number of halogens is 2. The molecule has 2 aromatic carbocycles. The van der Waals surface area contributed by atoms with Gasteiger partial charge in [-0.3, -0.25) is 9.69 Å². The van der Waals surface area contributed by atoms with Crippen LogP contribution in [0.4, 0.5) is 8.78 Å². The van der Waals surface area contributed by atoms with Gasteiger partial charge in [0.2, 0.25) is 0 Å². The molecule has 25 heavy (non-hydrogen) atoms. The fourth-order valence-electron chi connectivity index (χ4n) is 2.99. The third-order valence-electron chi connectivity index (χ3n) is 4.43. The molecule has 6 heteroatoms. The van der Waals surface area contributed by atoms with E-state index in [2.05, 4.69) is 4.90 Å². The van der Waals surface area contributed by atoms with E-state index in [1.807, 2.05) is 30.3 Å². The summed E-state index contributed by atoms with van der Waals surface area (Å²) in [5, 5.41) is 10.3. The molecule has 3 rings (SSSR count). The van der Waals surface area contributed by atoms with Crippen LogP contribution in [0.2, 0.25) is 0 Å². The number of aliphatic hydroxyl groups excluding tert-OH is 1. The lowest BCUT2D eigenvalue weighted by molar-refractivity contribution is 0.0523. The minimum atomic E-state index is -0.715. The van der Waals surface area contributed by atoms with E-state index < -0.39 is 23.6 Å². The van der Waals surface area contributed by atoms with Crippen LogP contribution in [-0.2, 0) is 0 Å². The highest BCUT2D eigenvalue weighted by atomic mass is 19.1. The van der Waals surface area contributed by atoms with Gasteiger partial charge in [0, 0.05) is 32.7 Å². The lowest BCUT2D eigenvalue weighted by atomic mass is 10.1. The van der Waals surface area contributed by atoms with Crippen molar-refractivity contribution < 1.29 is 18.7 Å². The Bertz CT molecular complexity index is 731. The SMILES string of the molecule is O=C(c1cc(F)ccc1F)N1CCN(CC(O)c2ccccc2)CC1. The maximum atomic E-state index is 13.8. The number of hydrogen-bond acceptors (Lipinski definition) is 3. The van der Waals surface area contributed by atoms with Crippen molar-refractivity contribution in [1.82, 2.24) is 9.80 Å². The molecule has 0 radical (unpaired) electrons. The molecule has 1 atom stereocenters. The first-order chi connectivity index (χ1) is 12.0. The number of nitrogens with zero attached hydrogens (tertiary/aromatic N) is 2. The Kier molecular flexibility index (Phi) is 5.40. The number of carbonyl (C=O) groups is 1. The van der Waals surface area contributed by atoms with Crippen LogP contribution in [0.25, 0.3) is 0 Å². The number of amides is 1. The third kappa shape index (κ3) is 4.21. The van der Waals surface area contributed by atoms with Crippen LogP contribution < -0.4 is 0 Å². The van der Waals surface area contributed by atoms with Gasteiger partial charge in [-0.05, 0) is 23.8 Å². The maximum Gasteiger partial charge on any atom is 0.257 e. The van der Waals surface area contributed by atoms with Crippen molar-refractivity contribution in [2.75, 3.05) is 32.7 Å². The molecule has 1 unspecified atom stereocenters. The van der Waals surface area contributed by atoms with E-state index in [-0.39, 0.29) is 5.56 Å². The molecule has 1 heterocycles. The average molecular weight is 346 g/mol. The van der Waals surface area contributed by atoms with Crippen molar-refractivity contribution in [3.05, 3.63) is 71.3 Å². The van der Waals surface area contributed by atoms with Gasteiger partial charge in [0.05, 0.1) is 11.7 Å². The van der Waals surface area contributed by atoms with Gasteiger partial charge in [0.25, 0.3) is 5.91 Å². The van der Waals surface area contributed by atoms with Gasteiger partial charge in [-0.15, -0.1) is 0 Å². The average Bonchev–Trinajstić information content (AvgIpc) is 2.64. The summed E-state index contributed by atoms with van der Waals surface area (Å²) in [7, 11) is 0. The molecule has 1 N–H and O–H groups in total. The molecule has 1 fully saturated rings. The number of benzene rings is 2. The molecule has 132 valence electrons. The normalized spacial score (nSPS) is 16.7. The zero-order valence-corrected chi connectivity index (χ0v) is 13.7. The molecule has 2 aromatic rings. The van der Waals surface area contributed by atoms with Crippen molar-refractivity contribution >= 4 is 5.91 Å². The van der Waals surface area contributed by atoms with Crippen LogP contribution in [0.5, 0.6) is 0 Å². The Hall–Kier alpha value is -2.31. The first-order valence-corrected chi connectivity index (χ1v) is 8.24. The molecular formula is C19H20F2N2O2. The molecule has 1 aliphatic rings. The number of β-amino-alcohol motifs (C(OH)–C–C–N with tert-alkyl or cyclic N) is 1. The summed E-state index contributed by atoms with van der Waals surface area (Å²) in [4.78, 5) is 16.0. The minimum Gasteiger partial charge on any atom is -0.387 e. The summed E-state index contributed by atoms with van der Waals surface area (Å²) < 4.78 is 27.0. The van der Waals surface area contributed by atoms with Crippen molar-refractivity contribution in [1.29, 1.82) is 0 Å². The van der Waals surface area contributed by atoms with Crippen LogP contribution in [0.1, 0.15) is 22.0 Å². The largest absolute Gasteiger partial charge is 0.387 e. The van der Waals surface area contributed by atoms with Gasteiger partial charge < -0.3 is 10.0 Å². The summed E-state index contributed by atoms with van der Waals surface area (Å²) >= 11 is 0. The second-order valence-electron chi connectivity index (χ2n) is 6.14. The highest BCUT2D eigenvalue weighted by molar-refractivity contribution is 5.94. The second kappa shape index (κ2) is 7.72. The lowest BCUT2D eigenvalue weighted by Gasteiger charge is -2.35. The summed E-state index contributed by atoms with van der Waals surface area (Å²) in [5.41, 5.74) is 0.612. The van der Waals surface area contributed by atoms with Gasteiger partial charge in [0.1, 0.15) is 11.6 Å². The Balaban J connectivity index is 1.56. The zero-order chi connectivity index (χ0) is 17.8. The highest BCUT2D eigenvalue weighted by Crippen LogP contribution is 2.17. The van der Waals surface area contributed by atoms with E-state index in [1.165, 1.54) is 4.90 Å². The highest BCUT2D eigenvalue weighted by Gasteiger charge is 2.25. The quantitative estimate of drug-likeness (QED) is 0.925. The van der Waals surface area contributed by atoms with E-state index in [1.54, 1.807) is 0 Å². The Morgan fingerprint density at radius 3 is 2.40 bits per heavy atom. The molecule has 0 bridgehead atoms. The van der Waals surface area contributed by atoms with Crippen LogP contribution in [0, 0.1) is 11.6 Å². The molecule has 1 saturated heterocycles. The predicted octanol–water partition coefficient (Wildman–Crippen LogP) is 2.46. The molecule has 0 aliphatic carbocycles.